The molecule has 134 valence electrons. The molecule has 1 aliphatic heterocycles. The maximum Gasteiger partial charge on any atom is 0.269 e. The molecule has 0 saturated carbocycles. The number of thiazole rings is 1. The van der Waals surface area contributed by atoms with E-state index in [1.54, 1.807) is 23.5 Å². The fourth-order valence-corrected chi connectivity index (χ4v) is 4.59. The molecule has 4 rings (SSSR count). The van der Waals surface area contributed by atoms with Gasteiger partial charge >= 0.3 is 0 Å². The third-order valence-corrected chi connectivity index (χ3v) is 6.14. The Hall–Kier alpha value is -2.29. The summed E-state index contributed by atoms with van der Waals surface area (Å²) in [5.74, 6) is 0. The minimum atomic E-state index is -0.365. The highest BCUT2D eigenvalue weighted by molar-refractivity contribution is 7.73. The first-order chi connectivity index (χ1) is 12.6. The molecule has 1 aromatic heterocycles. The van der Waals surface area contributed by atoms with Crippen LogP contribution in [0.3, 0.4) is 0 Å². The van der Waals surface area contributed by atoms with Gasteiger partial charge in [-0.25, -0.2) is 0 Å². The largest absolute Gasteiger partial charge is 0.369 e. The molecule has 0 N–H and O–H groups in total. The lowest BCUT2D eigenvalue weighted by Crippen LogP contribution is -2.46. The van der Waals surface area contributed by atoms with Crippen LogP contribution in [0.25, 0.3) is 10.2 Å². The van der Waals surface area contributed by atoms with Crippen molar-refractivity contribution in [2.45, 2.75) is 6.67 Å². The summed E-state index contributed by atoms with van der Waals surface area (Å²) in [5.41, 5.74) is 2.36. The van der Waals surface area contributed by atoms with Crippen molar-refractivity contribution in [3.05, 3.63) is 62.6 Å². The van der Waals surface area contributed by atoms with Crippen LogP contribution < -0.4 is 4.90 Å². The number of anilines is 1. The van der Waals surface area contributed by atoms with Gasteiger partial charge in [0, 0.05) is 44.0 Å². The first-order valence-electron chi connectivity index (χ1n) is 8.42. The van der Waals surface area contributed by atoms with Crippen LogP contribution in [0.2, 0.25) is 0 Å². The molecule has 26 heavy (non-hydrogen) atoms. The zero-order chi connectivity index (χ0) is 18.1. The normalized spacial score (nSPS) is 15.5. The second kappa shape index (κ2) is 7.14. The van der Waals surface area contributed by atoms with Crippen LogP contribution in [-0.2, 0) is 6.67 Å². The minimum Gasteiger partial charge on any atom is -0.369 e. The molecule has 0 amide bonds. The third kappa shape index (κ3) is 3.35. The second-order valence-corrected chi connectivity index (χ2v) is 7.96. The molecule has 0 aliphatic carbocycles. The van der Waals surface area contributed by atoms with Crippen LogP contribution in [0.5, 0.6) is 0 Å². The second-order valence-electron chi connectivity index (χ2n) is 6.28. The fourth-order valence-electron chi connectivity index (χ4n) is 3.28. The third-order valence-electron chi connectivity index (χ3n) is 4.71. The summed E-state index contributed by atoms with van der Waals surface area (Å²) in [4.78, 5) is 15.1. The molecule has 3 aromatic rings. The van der Waals surface area contributed by atoms with Gasteiger partial charge in [-0.15, -0.1) is 11.3 Å². The van der Waals surface area contributed by atoms with E-state index in [-0.39, 0.29) is 10.6 Å². The minimum absolute atomic E-state index is 0.131. The number of rotatable bonds is 4. The van der Waals surface area contributed by atoms with Gasteiger partial charge in [0.15, 0.2) is 3.95 Å². The Bertz CT molecular complexity index is 988. The van der Waals surface area contributed by atoms with Crippen molar-refractivity contribution in [1.82, 2.24) is 9.47 Å². The quantitative estimate of drug-likeness (QED) is 0.384. The van der Waals surface area contributed by atoms with Gasteiger partial charge in [0.1, 0.15) is 0 Å². The van der Waals surface area contributed by atoms with Gasteiger partial charge in [-0.1, -0.05) is 12.1 Å². The maximum absolute atomic E-state index is 10.8. The highest BCUT2D eigenvalue weighted by Crippen LogP contribution is 2.24. The smallest absolute Gasteiger partial charge is 0.269 e. The molecular weight excluding hydrogens is 368 g/mol. The molecule has 6 nitrogen and oxygen atoms in total. The molecule has 1 aliphatic rings. The van der Waals surface area contributed by atoms with E-state index in [4.69, 9.17) is 12.2 Å². The first kappa shape index (κ1) is 17.1. The average molecular weight is 387 g/mol. The monoisotopic (exact) mass is 386 g/mol. The Balaban J connectivity index is 1.42. The van der Waals surface area contributed by atoms with E-state index in [0.717, 1.165) is 42.5 Å². The Morgan fingerprint density at radius 2 is 1.73 bits per heavy atom. The maximum atomic E-state index is 10.8. The van der Waals surface area contributed by atoms with E-state index in [1.807, 2.05) is 24.3 Å². The Labute approximate surface area is 160 Å². The highest BCUT2D eigenvalue weighted by atomic mass is 32.1. The van der Waals surface area contributed by atoms with Gasteiger partial charge < -0.3 is 9.47 Å². The van der Waals surface area contributed by atoms with Crippen LogP contribution >= 0.6 is 23.6 Å². The molecule has 0 bridgehead atoms. The first-order valence-corrected chi connectivity index (χ1v) is 9.64. The number of nitrogens with zero attached hydrogens (tertiary/aromatic N) is 4. The topological polar surface area (TPSA) is 54.6 Å². The lowest BCUT2D eigenvalue weighted by molar-refractivity contribution is -0.384. The average Bonchev–Trinajstić information content (AvgIpc) is 2.98. The number of non-ortho nitro benzene ring substituents is 1. The van der Waals surface area contributed by atoms with E-state index >= 15 is 0 Å². The molecule has 0 spiro atoms. The molecule has 2 aromatic carbocycles. The Kier molecular flexibility index (Phi) is 4.71. The van der Waals surface area contributed by atoms with E-state index < -0.39 is 0 Å². The standard InChI is InChI=1S/C18H18N4O2S2/c23-22(24)15-7-5-14(6-8-15)20-11-9-19(10-12-20)13-21-16-3-1-2-4-17(16)26-18(21)25/h1-8H,9-13H2. The summed E-state index contributed by atoms with van der Waals surface area (Å²) in [6.45, 7) is 4.46. The number of fused-ring (bicyclic) bond motifs is 1. The zero-order valence-corrected chi connectivity index (χ0v) is 15.7. The Morgan fingerprint density at radius 1 is 1.04 bits per heavy atom. The van der Waals surface area contributed by atoms with Crippen LogP contribution in [0.4, 0.5) is 11.4 Å². The number of piperazine rings is 1. The SMILES string of the molecule is O=[N+]([O-])c1ccc(N2CCN(Cn3c(=S)sc4ccccc43)CC2)cc1. The lowest BCUT2D eigenvalue weighted by atomic mass is 10.2. The summed E-state index contributed by atoms with van der Waals surface area (Å²) in [7, 11) is 0. The molecular formula is C18H18N4O2S2. The van der Waals surface area contributed by atoms with Gasteiger partial charge in [-0.05, 0) is 36.5 Å². The molecule has 8 heteroatoms. The van der Waals surface area contributed by atoms with E-state index in [1.165, 1.54) is 10.2 Å². The predicted octanol–water partition coefficient (Wildman–Crippen LogP) is 4.12. The van der Waals surface area contributed by atoms with Crippen molar-refractivity contribution in [3.63, 3.8) is 0 Å². The van der Waals surface area contributed by atoms with Crippen LogP contribution in [0.15, 0.2) is 48.5 Å². The predicted molar refractivity (Wildman–Crippen MR) is 108 cm³/mol. The molecule has 1 saturated heterocycles. The number of para-hydroxylation sites is 1. The summed E-state index contributed by atoms with van der Waals surface area (Å²) in [5, 5.41) is 10.8. The Morgan fingerprint density at radius 3 is 2.42 bits per heavy atom. The number of hydrogen-bond acceptors (Lipinski definition) is 6. The van der Waals surface area contributed by atoms with Crippen LogP contribution in [-0.4, -0.2) is 40.6 Å². The van der Waals surface area contributed by atoms with Crippen molar-refractivity contribution in [1.29, 1.82) is 0 Å². The molecule has 2 heterocycles. The van der Waals surface area contributed by atoms with Crippen molar-refractivity contribution in [2.75, 3.05) is 31.1 Å². The number of benzene rings is 2. The van der Waals surface area contributed by atoms with E-state index in [9.17, 15) is 10.1 Å². The van der Waals surface area contributed by atoms with Gasteiger partial charge in [0.2, 0.25) is 0 Å². The highest BCUT2D eigenvalue weighted by Gasteiger charge is 2.19. The fraction of sp³-hybridized carbons (Fsp3) is 0.278. The summed E-state index contributed by atoms with van der Waals surface area (Å²) >= 11 is 7.20. The molecule has 1 fully saturated rings. The van der Waals surface area contributed by atoms with Gasteiger partial charge in [0.25, 0.3) is 5.69 Å². The zero-order valence-electron chi connectivity index (χ0n) is 14.1. The van der Waals surface area contributed by atoms with Crippen molar-refractivity contribution >= 4 is 45.1 Å². The van der Waals surface area contributed by atoms with Gasteiger partial charge in [0.05, 0.1) is 21.8 Å². The molecule has 0 radical (unpaired) electrons. The van der Waals surface area contributed by atoms with E-state index in [2.05, 4.69) is 26.5 Å². The number of hydrogen-bond donors (Lipinski definition) is 0. The van der Waals surface area contributed by atoms with Crippen molar-refractivity contribution < 1.29 is 4.92 Å². The summed E-state index contributed by atoms with van der Waals surface area (Å²) < 4.78 is 4.34. The van der Waals surface area contributed by atoms with Crippen molar-refractivity contribution in [2.24, 2.45) is 0 Å². The summed E-state index contributed by atoms with van der Waals surface area (Å²) in [6, 6.07) is 15.1. The number of aromatic nitrogens is 1. The van der Waals surface area contributed by atoms with Crippen LogP contribution in [0.1, 0.15) is 0 Å². The number of nitro benzene ring substituents is 1. The molecule has 0 atom stereocenters. The van der Waals surface area contributed by atoms with Crippen LogP contribution in [0, 0.1) is 14.1 Å². The molecule has 0 unspecified atom stereocenters. The lowest BCUT2D eigenvalue weighted by Gasteiger charge is -2.36. The van der Waals surface area contributed by atoms with Gasteiger partial charge in [-0.3, -0.25) is 15.0 Å². The van der Waals surface area contributed by atoms with Gasteiger partial charge in [-0.2, -0.15) is 0 Å². The van der Waals surface area contributed by atoms with E-state index in [0.29, 0.717) is 0 Å². The van der Waals surface area contributed by atoms with Crippen molar-refractivity contribution in [3.8, 4) is 0 Å². The summed E-state index contributed by atoms with van der Waals surface area (Å²) in [6.07, 6.45) is 0. The number of nitro groups is 1.